The van der Waals surface area contributed by atoms with Gasteiger partial charge in [-0.15, -0.1) is 11.3 Å². The number of benzene rings is 1. The van der Waals surface area contributed by atoms with Gasteiger partial charge in [-0.1, -0.05) is 30.3 Å². The quantitative estimate of drug-likeness (QED) is 0.501. The lowest BCUT2D eigenvalue weighted by Crippen LogP contribution is -2.28. The zero-order valence-electron chi connectivity index (χ0n) is 16.9. The van der Waals surface area contributed by atoms with E-state index in [0.29, 0.717) is 17.9 Å². The van der Waals surface area contributed by atoms with E-state index in [0.717, 1.165) is 25.3 Å². The van der Waals surface area contributed by atoms with E-state index in [1.807, 2.05) is 33.7 Å². The molecule has 2 heterocycles. The van der Waals surface area contributed by atoms with Crippen molar-refractivity contribution in [2.24, 2.45) is 12.8 Å². The minimum Gasteiger partial charge on any atom is -0.370 e. The van der Waals surface area contributed by atoms with Crippen LogP contribution in [0, 0.1) is 11.7 Å². The molecule has 3 rings (SSSR count). The molecule has 0 unspecified atom stereocenters. The van der Waals surface area contributed by atoms with Crippen molar-refractivity contribution < 1.29 is 4.79 Å². The first kappa shape index (κ1) is 21.4. The second-order valence-electron chi connectivity index (χ2n) is 7.17. The van der Waals surface area contributed by atoms with Crippen molar-refractivity contribution in [3.63, 3.8) is 0 Å². The van der Waals surface area contributed by atoms with Gasteiger partial charge in [-0.3, -0.25) is 9.69 Å². The Labute approximate surface area is 180 Å². The third-order valence-corrected chi connectivity index (χ3v) is 6.27. The molecule has 0 fully saturated rings. The highest BCUT2D eigenvalue weighted by atomic mass is 32.1. The predicted octanol–water partition coefficient (Wildman–Crippen LogP) is 3.44. The first-order valence-electron chi connectivity index (χ1n) is 9.65. The summed E-state index contributed by atoms with van der Waals surface area (Å²) in [6.45, 7) is 4.48. The van der Waals surface area contributed by atoms with E-state index in [1.165, 1.54) is 15.3 Å². The minimum absolute atomic E-state index is 0.270. The number of hydrogen-bond donors (Lipinski definition) is 1. The van der Waals surface area contributed by atoms with Crippen molar-refractivity contribution in [2.45, 2.75) is 39.4 Å². The molecule has 0 aliphatic carbocycles. The molecule has 3 aromatic rings. The molecule has 2 N–H and O–H groups in total. The van der Waals surface area contributed by atoms with Gasteiger partial charge in [-0.25, -0.2) is 4.68 Å². The molecule has 8 heteroatoms. The Hall–Kier alpha value is -2.29. The summed E-state index contributed by atoms with van der Waals surface area (Å²) in [5, 5.41) is 4.65. The summed E-state index contributed by atoms with van der Waals surface area (Å²) in [5.41, 5.74) is 6.59. The molecule has 0 saturated heterocycles. The number of aromatic nitrogens is 3. The average Bonchev–Trinajstić information content (AvgIpc) is 3.23. The number of carbonyl (C=O) groups excluding carboxylic acids is 1. The van der Waals surface area contributed by atoms with Crippen molar-refractivity contribution in [1.29, 1.82) is 0 Å². The smallest absolute Gasteiger partial charge is 0.217 e. The maximum absolute atomic E-state index is 11.1. The first-order chi connectivity index (χ1) is 13.9. The molecule has 0 bridgehead atoms. The van der Waals surface area contributed by atoms with Gasteiger partial charge in [0, 0.05) is 42.7 Å². The number of nitrogens with zero attached hydrogens (tertiary/aromatic N) is 4. The molecule has 2 aromatic heterocycles. The largest absolute Gasteiger partial charge is 0.370 e. The van der Waals surface area contributed by atoms with Crippen molar-refractivity contribution in [2.75, 3.05) is 6.54 Å². The highest BCUT2D eigenvalue weighted by Gasteiger charge is 2.14. The average molecular weight is 430 g/mol. The van der Waals surface area contributed by atoms with Gasteiger partial charge in [0.25, 0.3) is 0 Å². The monoisotopic (exact) mass is 429 g/mol. The van der Waals surface area contributed by atoms with E-state index in [-0.39, 0.29) is 12.3 Å². The number of rotatable bonds is 10. The first-order valence-corrected chi connectivity index (χ1v) is 10.9. The van der Waals surface area contributed by atoms with Gasteiger partial charge in [0.2, 0.25) is 5.91 Å². The molecule has 0 aliphatic heterocycles. The Balaban J connectivity index is 1.75. The van der Waals surface area contributed by atoms with Gasteiger partial charge in [0.15, 0.2) is 4.77 Å². The van der Waals surface area contributed by atoms with Gasteiger partial charge in [-0.05, 0) is 43.3 Å². The van der Waals surface area contributed by atoms with Crippen LogP contribution in [0.2, 0.25) is 0 Å². The summed E-state index contributed by atoms with van der Waals surface area (Å²) in [4.78, 5) is 16.1. The maximum Gasteiger partial charge on any atom is 0.217 e. The Bertz CT molecular complexity index is 1010. The molecule has 0 saturated carbocycles. The van der Waals surface area contributed by atoms with Crippen LogP contribution >= 0.6 is 23.6 Å². The standard InChI is InChI=1S/C21H27N5OS2/c1-16-8-9-18(29-16)14-25(13-12-17-6-4-3-5-7-17)15-26-21(28)24(2)20(23-26)11-10-19(22)27/h3-9H,10-15H2,1-2H3,(H2,22,27). The fourth-order valence-corrected chi connectivity index (χ4v) is 4.33. The Kier molecular flexibility index (Phi) is 7.35. The van der Waals surface area contributed by atoms with Crippen LogP contribution in [0.5, 0.6) is 0 Å². The number of hydrogen-bond acceptors (Lipinski definition) is 5. The highest BCUT2D eigenvalue weighted by molar-refractivity contribution is 7.71. The van der Waals surface area contributed by atoms with E-state index in [1.54, 1.807) is 0 Å². The van der Waals surface area contributed by atoms with Crippen LogP contribution < -0.4 is 5.73 Å². The van der Waals surface area contributed by atoms with Crippen LogP contribution in [-0.4, -0.2) is 31.7 Å². The summed E-state index contributed by atoms with van der Waals surface area (Å²) in [6.07, 6.45) is 1.72. The number of thiophene rings is 1. The lowest BCUT2D eigenvalue weighted by atomic mass is 10.1. The van der Waals surface area contributed by atoms with Gasteiger partial charge < -0.3 is 10.3 Å². The van der Waals surface area contributed by atoms with Crippen LogP contribution in [0.25, 0.3) is 0 Å². The SMILES string of the molecule is Cc1ccc(CN(CCc2ccccc2)Cn2nc(CCC(N)=O)n(C)c2=S)s1. The Morgan fingerprint density at radius 1 is 1.21 bits per heavy atom. The van der Waals surface area contributed by atoms with E-state index < -0.39 is 0 Å². The molecule has 0 atom stereocenters. The highest BCUT2D eigenvalue weighted by Crippen LogP contribution is 2.18. The third kappa shape index (κ3) is 6.09. The van der Waals surface area contributed by atoms with Gasteiger partial charge in [0.1, 0.15) is 5.82 Å². The van der Waals surface area contributed by atoms with Crippen molar-refractivity contribution in [3.8, 4) is 0 Å². The van der Waals surface area contributed by atoms with Crippen molar-refractivity contribution >= 4 is 29.5 Å². The number of carbonyl (C=O) groups is 1. The summed E-state index contributed by atoms with van der Waals surface area (Å²) >= 11 is 7.40. The van der Waals surface area contributed by atoms with E-state index in [9.17, 15) is 4.79 Å². The zero-order valence-corrected chi connectivity index (χ0v) is 18.5. The number of amides is 1. The number of aryl methyl sites for hydroxylation is 2. The lowest BCUT2D eigenvalue weighted by molar-refractivity contribution is -0.118. The minimum atomic E-state index is -0.331. The topological polar surface area (TPSA) is 69.1 Å². The summed E-state index contributed by atoms with van der Waals surface area (Å²) < 4.78 is 4.36. The van der Waals surface area contributed by atoms with E-state index in [4.69, 9.17) is 18.0 Å². The van der Waals surface area contributed by atoms with Crippen LogP contribution in [0.1, 0.15) is 27.6 Å². The molecule has 29 heavy (non-hydrogen) atoms. The molecule has 154 valence electrons. The maximum atomic E-state index is 11.1. The second kappa shape index (κ2) is 9.96. The number of primary amides is 1. The van der Waals surface area contributed by atoms with Crippen molar-refractivity contribution in [1.82, 2.24) is 19.2 Å². The molecule has 1 aromatic carbocycles. The van der Waals surface area contributed by atoms with E-state index in [2.05, 4.69) is 53.3 Å². The Morgan fingerprint density at radius 3 is 2.62 bits per heavy atom. The van der Waals surface area contributed by atoms with Crippen LogP contribution in [0.3, 0.4) is 0 Å². The second-order valence-corrected chi connectivity index (χ2v) is 8.90. The predicted molar refractivity (Wildman–Crippen MR) is 119 cm³/mol. The summed E-state index contributed by atoms with van der Waals surface area (Å²) in [6, 6.07) is 14.8. The molecule has 1 amide bonds. The van der Waals surface area contributed by atoms with Crippen LogP contribution in [0.15, 0.2) is 42.5 Å². The fraction of sp³-hybridized carbons (Fsp3) is 0.381. The fourth-order valence-electron chi connectivity index (χ4n) is 3.19. The van der Waals surface area contributed by atoms with Crippen LogP contribution in [-0.2, 0) is 37.9 Å². The van der Waals surface area contributed by atoms with Gasteiger partial charge in [-0.2, -0.15) is 5.10 Å². The molecule has 0 radical (unpaired) electrons. The Morgan fingerprint density at radius 2 is 1.97 bits per heavy atom. The summed E-state index contributed by atoms with van der Waals surface area (Å²) in [5.74, 6) is 0.451. The van der Waals surface area contributed by atoms with Crippen LogP contribution in [0.4, 0.5) is 0 Å². The number of nitrogens with two attached hydrogens (primary N) is 1. The van der Waals surface area contributed by atoms with Gasteiger partial charge >= 0.3 is 0 Å². The molecule has 0 aliphatic rings. The molecule has 6 nitrogen and oxygen atoms in total. The van der Waals surface area contributed by atoms with E-state index >= 15 is 0 Å². The van der Waals surface area contributed by atoms with Crippen molar-refractivity contribution in [3.05, 3.63) is 68.4 Å². The third-order valence-electron chi connectivity index (χ3n) is 4.80. The summed E-state index contributed by atoms with van der Waals surface area (Å²) in [7, 11) is 1.89. The molecular weight excluding hydrogens is 402 g/mol. The van der Waals surface area contributed by atoms with Gasteiger partial charge in [0.05, 0.1) is 6.67 Å². The molecule has 0 spiro atoms. The zero-order chi connectivity index (χ0) is 20.8. The lowest BCUT2D eigenvalue weighted by Gasteiger charge is -2.21. The molecular formula is C21H27N5OS2. The normalized spacial score (nSPS) is 11.3.